The average molecular weight is 367 g/mol. The highest BCUT2D eigenvalue weighted by Crippen LogP contribution is 2.20. The third-order valence-corrected chi connectivity index (χ3v) is 3.45. The number of ketones is 1. The zero-order valence-electron chi connectivity index (χ0n) is 13.1. The molecule has 0 saturated heterocycles. The molecule has 0 spiro atoms. The standard InChI is InChI=1S/C18H13ClF2O4/c1-24-17-6-4-12(20)9-13(17)16(22)10-25-18(23)7-3-11-2-5-15(21)14(19)8-11/h2-9H,10H2,1H3/b7-3+. The molecule has 0 bridgehead atoms. The van der Waals surface area contributed by atoms with Gasteiger partial charge in [-0.15, -0.1) is 0 Å². The lowest BCUT2D eigenvalue weighted by Gasteiger charge is -2.07. The minimum Gasteiger partial charge on any atom is -0.496 e. The fourth-order valence-electron chi connectivity index (χ4n) is 1.94. The van der Waals surface area contributed by atoms with Gasteiger partial charge in [0.25, 0.3) is 0 Å². The summed E-state index contributed by atoms with van der Waals surface area (Å²) in [5, 5.41) is -0.0797. The van der Waals surface area contributed by atoms with Crippen LogP contribution in [0, 0.1) is 11.6 Å². The van der Waals surface area contributed by atoms with Gasteiger partial charge in [0.05, 0.1) is 17.7 Å². The average Bonchev–Trinajstić information content (AvgIpc) is 2.60. The van der Waals surface area contributed by atoms with Crippen LogP contribution in [-0.2, 0) is 9.53 Å². The molecule has 0 radical (unpaired) electrons. The van der Waals surface area contributed by atoms with Gasteiger partial charge in [0.2, 0.25) is 5.78 Å². The van der Waals surface area contributed by atoms with Crippen LogP contribution in [0.15, 0.2) is 42.5 Å². The van der Waals surface area contributed by atoms with Crippen LogP contribution >= 0.6 is 11.6 Å². The molecule has 130 valence electrons. The van der Waals surface area contributed by atoms with Crippen molar-refractivity contribution in [1.82, 2.24) is 0 Å². The summed E-state index contributed by atoms with van der Waals surface area (Å²) in [6, 6.07) is 7.39. The number of Topliss-reactive ketones (excluding diaryl/α,β-unsaturated/α-hetero) is 1. The van der Waals surface area contributed by atoms with Crippen LogP contribution in [0.25, 0.3) is 6.08 Å². The van der Waals surface area contributed by atoms with Crippen molar-refractivity contribution in [3.63, 3.8) is 0 Å². The molecule has 0 heterocycles. The van der Waals surface area contributed by atoms with Crippen LogP contribution in [0.2, 0.25) is 5.02 Å². The number of methoxy groups -OCH3 is 1. The second-order valence-corrected chi connectivity index (χ2v) is 5.29. The Morgan fingerprint density at radius 1 is 1.16 bits per heavy atom. The van der Waals surface area contributed by atoms with Crippen molar-refractivity contribution in [2.75, 3.05) is 13.7 Å². The molecule has 0 aliphatic rings. The van der Waals surface area contributed by atoms with Crippen LogP contribution in [0.1, 0.15) is 15.9 Å². The lowest BCUT2D eigenvalue weighted by molar-refractivity contribution is -0.136. The van der Waals surface area contributed by atoms with E-state index in [1.807, 2.05) is 0 Å². The molecule has 0 N–H and O–H groups in total. The van der Waals surface area contributed by atoms with Crippen molar-refractivity contribution < 1.29 is 27.8 Å². The second-order valence-electron chi connectivity index (χ2n) is 4.88. The smallest absolute Gasteiger partial charge is 0.331 e. The maximum Gasteiger partial charge on any atom is 0.331 e. The number of carbonyl (C=O) groups excluding carboxylic acids is 2. The molecule has 0 aliphatic heterocycles. The van der Waals surface area contributed by atoms with Crippen molar-refractivity contribution in [1.29, 1.82) is 0 Å². The van der Waals surface area contributed by atoms with E-state index in [0.717, 1.165) is 24.3 Å². The molecule has 4 nitrogen and oxygen atoms in total. The summed E-state index contributed by atoms with van der Waals surface area (Å²) in [5.41, 5.74) is 0.464. The van der Waals surface area contributed by atoms with E-state index in [1.54, 1.807) is 0 Å². The molecule has 2 aromatic rings. The second kappa shape index (κ2) is 8.39. The van der Waals surface area contributed by atoms with Gasteiger partial charge >= 0.3 is 5.97 Å². The van der Waals surface area contributed by atoms with Crippen molar-refractivity contribution in [3.8, 4) is 5.75 Å². The van der Waals surface area contributed by atoms with E-state index < -0.39 is 30.0 Å². The van der Waals surface area contributed by atoms with Gasteiger partial charge in [-0.3, -0.25) is 4.79 Å². The summed E-state index contributed by atoms with van der Waals surface area (Å²) in [6.07, 6.45) is 2.43. The SMILES string of the molecule is COc1ccc(F)cc1C(=O)COC(=O)/C=C/c1ccc(F)c(Cl)c1. The molecule has 0 atom stereocenters. The van der Waals surface area contributed by atoms with E-state index in [9.17, 15) is 18.4 Å². The largest absolute Gasteiger partial charge is 0.496 e. The highest BCUT2D eigenvalue weighted by atomic mass is 35.5. The molecule has 2 rings (SSSR count). The van der Waals surface area contributed by atoms with Crippen LogP contribution in [0.5, 0.6) is 5.75 Å². The fraction of sp³-hybridized carbons (Fsp3) is 0.111. The Morgan fingerprint density at radius 2 is 1.92 bits per heavy atom. The van der Waals surface area contributed by atoms with E-state index in [-0.39, 0.29) is 16.3 Å². The van der Waals surface area contributed by atoms with Gasteiger partial charge in [-0.25, -0.2) is 13.6 Å². The molecule has 0 aromatic heterocycles. The lowest BCUT2D eigenvalue weighted by atomic mass is 10.1. The lowest BCUT2D eigenvalue weighted by Crippen LogP contribution is -2.13. The molecular formula is C18H13ClF2O4. The van der Waals surface area contributed by atoms with E-state index in [4.69, 9.17) is 21.1 Å². The van der Waals surface area contributed by atoms with Gasteiger partial charge in [-0.05, 0) is 42.0 Å². The Labute approximate surface area is 147 Å². The normalized spacial score (nSPS) is 10.7. The molecular weight excluding hydrogens is 354 g/mol. The zero-order chi connectivity index (χ0) is 18.4. The summed E-state index contributed by atoms with van der Waals surface area (Å²) >= 11 is 5.63. The number of rotatable bonds is 6. The Bertz CT molecular complexity index is 834. The highest BCUT2D eigenvalue weighted by molar-refractivity contribution is 6.30. The van der Waals surface area contributed by atoms with Crippen molar-refractivity contribution in [2.45, 2.75) is 0 Å². The first-order valence-electron chi connectivity index (χ1n) is 7.07. The maximum absolute atomic E-state index is 13.2. The zero-order valence-corrected chi connectivity index (χ0v) is 13.8. The van der Waals surface area contributed by atoms with Crippen LogP contribution in [0.3, 0.4) is 0 Å². The highest BCUT2D eigenvalue weighted by Gasteiger charge is 2.15. The van der Waals surface area contributed by atoms with Gasteiger partial charge in [0.15, 0.2) is 6.61 Å². The minimum atomic E-state index is -0.788. The third-order valence-electron chi connectivity index (χ3n) is 3.16. The topological polar surface area (TPSA) is 52.6 Å². The first kappa shape index (κ1) is 18.6. The minimum absolute atomic E-state index is 0.0235. The van der Waals surface area contributed by atoms with Crippen molar-refractivity contribution in [2.24, 2.45) is 0 Å². The van der Waals surface area contributed by atoms with E-state index in [2.05, 4.69) is 0 Å². The third kappa shape index (κ3) is 5.12. The molecule has 0 fully saturated rings. The summed E-state index contributed by atoms with van der Waals surface area (Å²) in [6.45, 7) is -0.576. The van der Waals surface area contributed by atoms with Crippen LogP contribution < -0.4 is 4.74 Å². The van der Waals surface area contributed by atoms with E-state index in [0.29, 0.717) is 5.56 Å². The van der Waals surface area contributed by atoms with E-state index in [1.165, 1.54) is 31.4 Å². The first-order chi connectivity index (χ1) is 11.9. The molecule has 7 heteroatoms. The van der Waals surface area contributed by atoms with Crippen molar-refractivity contribution in [3.05, 3.63) is 70.3 Å². The number of carbonyl (C=O) groups is 2. The number of hydrogen-bond acceptors (Lipinski definition) is 4. The van der Waals surface area contributed by atoms with Gasteiger partial charge < -0.3 is 9.47 Å². The van der Waals surface area contributed by atoms with E-state index >= 15 is 0 Å². The number of esters is 1. The van der Waals surface area contributed by atoms with Crippen LogP contribution in [-0.4, -0.2) is 25.5 Å². The molecule has 0 unspecified atom stereocenters. The monoisotopic (exact) mass is 366 g/mol. The molecule has 0 saturated carbocycles. The first-order valence-corrected chi connectivity index (χ1v) is 7.45. The number of ether oxygens (including phenoxy) is 2. The summed E-state index contributed by atoms with van der Waals surface area (Å²) in [4.78, 5) is 23.7. The predicted molar refractivity (Wildman–Crippen MR) is 88.7 cm³/mol. The Hall–Kier alpha value is -2.73. The van der Waals surface area contributed by atoms with Gasteiger partial charge in [0.1, 0.15) is 17.4 Å². The Balaban J connectivity index is 1.97. The Kier molecular flexibility index (Phi) is 6.25. The van der Waals surface area contributed by atoms with Crippen molar-refractivity contribution >= 4 is 29.4 Å². The predicted octanol–water partition coefficient (Wildman–Crippen LogP) is 4.07. The number of halogens is 3. The number of hydrogen-bond donors (Lipinski definition) is 0. The fourth-order valence-corrected chi connectivity index (χ4v) is 2.13. The summed E-state index contributed by atoms with van der Waals surface area (Å²) < 4.78 is 36.1. The molecule has 0 amide bonds. The van der Waals surface area contributed by atoms with Crippen LogP contribution in [0.4, 0.5) is 8.78 Å². The van der Waals surface area contributed by atoms with Gasteiger partial charge in [0, 0.05) is 6.08 Å². The number of benzene rings is 2. The molecule has 25 heavy (non-hydrogen) atoms. The Morgan fingerprint density at radius 3 is 2.60 bits per heavy atom. The maximum atomic E-state index is 13.2. The molecule has 0 aliphatic carbocycles. The van der Waals surface area contributed by atoms with Gasteiger partial charge in [-0.1, -0.05) is 17.7 Å². The van der Waals surface area contributed by atoms with Gasteiger partial charge in [-0.2, -0.15) is 0 Å². The summed E-state index contributed by atoms with van der Waals surface area (Å²) in [5.74, 6) is -2.40. The quantitative estimate of drug-likeness (QED) is 0.439. The molecule has 2 aromatic carbocycles. The summed E-state index contributed by atoms with van der Waals surface area (Å²) in [7, 11) is 1.34.